The van der Waals surface area contributed by atoms with Gasteiger partial charge in [0.25, 0.3) is 0 Å². The summed E-state index contributed by atoms with van der Waals surface area (Å²) in [6.07, 6.45) is 5.50. The van der Waals surface area contributed by atoms with Crippen molar-refractivity contribution in [1.29, 1.82) is 0 Å². The highest BCUT2D eigenvalue weighted by atomic mass is 16.5. The molecule has 148 valence electrons. The number of H-pyrrole nitrogens is 1. The van der Waals surface area contributed by atoms with Crippen LogP contribution in [0.3, 0.4) is 0 Å². The van der Waals surface area contributed by atoms with E-state index in [4.69, 9.17) is 13.9 Å². The topological polar surface area (TPSA) is 81.5 Å². The molecule has 6 nitrogen and oxygen atoms in total. The molecule has 1 aromatic carbocycles. The molecule has 0 spiro atoms. The third-order valence-electron chi connectivity index (χ3n) is 4.61. The van der Waals surface area contributed by atoms with Crippen LogP contribution in [-0.4, -0.2) is 24.2 Å². The van der Waals surface area contributed by atoms with E-state index < -0.39 is 0 Å². The Morgan fingerprint density at radius 3 is 2.54 bits per heavy atom. The standard InChI is InChI=1S/C22H25NO5/c1-15-14-23-16(2)21(15)22(25)27-12-6-4-3-5-11-26-18-9-7-17-8-10-20(24)28-19(17)13-18/h7-10,13-14,23H,3-6,11-12H2,1-2H3. The number of unbranched alkanes of at least 4 members (excludes halogenated alkanes) is 3. The molecule has 0 unspecified atom stereocenters. The Hall–Kier alpha value is -3.02. The molecule has 2 aromatic heterocycles. The second kappa shape index (κ2) is 9.26. The minimum Gasteiger partial charge on any atom is -0.493 e. The molecule has 2 heterocycles. The van der Waals surface area contributed by atoms with Crippen molar-refractivity contribution in [2.45, 2.75) is 39.5 Å². The zero-order valence-electron chi connectivity index (χ0n) is 16.2. The van der Waals surface area contributed by atoms with Gasteiger partial charge in [0.1, 0.15) is 11.3 Å². The predicted octanol–water partition coefficient (Wildman–Crippen LogP) is 4.53. The summed E-state index contributed by atoms with van der Waals surface area (Å²) >= 11 is 0. The van der Waals surface area contributed by atoms with Crippen molar-refractivity contribution in [3.63, 3.8) is 0 Å². The Bertz CT molecular complexity index is 982. The smallest absolute Gasteiger partial charge is 0.340 e. The lowest BCUT2D eigenvalue weighted by Crippen LogP contribution is -2.08. The van der Waals surface area contributed by atoms with Gasteiger partial charge in [-0.05, 0) is 63.3 Å². The summed E-state index contributed by atoms with van der Waals surface area (Å²) in [5.74, 6) is 0.426. The number of rotatable bonds is 9. The highest BCUT2D eigenvalue weighted by molar-refractivity contribution is 5.92. The van der Waals surface area contributed by atoms with Gasteiger partial charge in [0.15, 0.2) is 0 Å². The van der Waals surface area contributed by atoms with Crippen molar-refractivity contribution in [3.05, 3.63) is 63.8 Å². The SMILES string of the molecule is Cc1c[nH]c(C)c1C(=O)OCCCCCCOc1ccc2ccc(=O)oc2c1. The molecule has 0 aliphatic heterocycles. The number of aromatic nitrogens is 1. The Labute approximate surface area is 163 Å². The summed E-state index contributed by atoms with van der Waals surface area (Å²) in [6.45, 7) is 4.77. The van der Waals surface area contributed by atoms with Gasteiger partial charge in [-0.2, -0.15) is 0 Å². The van der Waals surface area contributed by atoms with Crippen molar-refractivity contribution in [3.8, 4) is 5.75 Å². The normalized spacial score (nSPS) is 10.9. The van der Waals surface area contributed by atoms with Crippen LogP contribution >= 0.6 is 0 Å². The summed E-state index contributed by atoms with van der Waals surface area (Å²) in [6, 6.07) is 8.61. The largest absolute Gasteiger partial charge is 0.493 e. The number of ether oxygens (including phenoxy) is 2. The second-order valence-electron chi connectivity index (χ2n) is 6.82. The van der Waals surface area contributed by atoms with Crippen LogP contribution < -0.4 is 10.4 Å². The molecule has 0 radical (unpaired) electrons. The third kappa shape index (κ3) is 5.03. The van der Waals surface area contributed by atoms with Gasteiger partial charge >= 0.3 is 11.6 Å². The number of carbonyl (C=O) groups excluding carboxylic acids is 1. The summed E-state index contributed by atoms with van der Waals surface area (Å²) in [7, 11) is 0. The zero-order valence-corrected chi connectivity index (χ0v) is 16.2. The van der Waals surface area contributed by atoms with Crippen LogP contribution in [0.4, 0.5) is 0 Å². The van der Waals surface area contributed by atoms with Gasteiger partial charge in [-0.1, -0.05) is 0 Å². The molecule has 0 aliphatic carbocycles. The van der Waals surface area contributed by atoms with Gasteiger partial charge in [-0.3, -0.25) is 0 Å². The molecule has 3 aromatic rings. The molecule has 0 saturated heterocycles. The van der Waals surface area contributed by atoms with Crippen molar-refractivity contribution >= 4 is 16.9 Å². The van der Waals surface area contributed by atoms with Crippen LogP contribution in [0, 0.1) is 13.8 Å². The monoisotopic (exact) mass is 383 g/mol. The molecule has 0 saturated carbocycles. The quantitative estimate of drug-likeness (QED) is 0.333. The van der Waals surface area contributed by atoms with Gasteiger partial charge in [0, 0.05) is 29.4 Å². The van der Waals surface area contributed by atoms with Gasteiger partial charge in [0.2, 0.25) is 0 Å². The molecule has 0 aliphatic rings. The van der Waals surface area contributed by atoms with Crippen LogP contribution in [0.2, 0.25) is 0 Å². The molecule has 0 amide bonds. The van der Waals surface area contributed by atoms with Crippen molar-refractivity contribution in [2.75, 3.05) is 13.2 Å². The number of aryl methyl sites for hydroxylation is 2. The van der Waals surface area contributed by atoms with Crippen LogP contribution in [0.5, 0.6) is 5.75 Å². The maximum absolute atomic E-state index is 12.1. The maximum Gasteiger partial charge on any atom is 0.340 e. The first kappa shape index (κ1) is 19.7. The summed E-state index contributed by atoms with van der Waals surface area (Å²) in [5, 5.41) is 0.867. The van der Waals surface area contributed by atoms with E-state index in [2.05, 4.69) is 4.98 Å². The number of benzene rings is 1. The van der Waals surface area contributed by atoms with Gasteiger partial charge in [0.05, 0.1) is 18.8 Å². The Kier molecular flexibility index (Phi) is 6.53. The first-order valence-electron chi connectivity index (χ1n) is 9.53. The average Bonchev–Trinajstić information content (AvgIpc) is 3.01. The predicted molar refractivity (Wildman–Crippen MR) is 107 cm³/mol. The fourth-order valence-electron chi connectivity index (χ4n) is 3.09. The number of aromatic amines is 1. The van der Waals surface area contributed by atoms with Crippen LogP contribution in [0.1, 0.15) is 47.3 Å². The van der Waals surface area contributed by atoms with Gasteiger partial charge in [-0.25, -0.2) is 9.59 Å². The van der Waals surface area contributed by atoms with E-state index in [1.54, 1.807) is 12.1 Å². The molecule has 1 N–H and O–H groups in total. The number of hydrogen-bond acceptors (Lipinski definition) is 5. The summed E-state index contributed by atoms with van der Waals surface area (Å²) in [4.78, 5) is 26.4. The number of hydrogen-bond donors (Lipinski definition) is 1. The lowest BCUT2D eigenvalue weighted by molar-refractivity contribution is 0.0496. The zero-order chi connectivity index (χ0) is 19.9. The van der Waals surface area contributed by atoms with E-state index in [1.807, 2.05) is 32.2 Å². The number of carbonyl (C=O) groups is 1. The van der Waals surface area contributed by atoms with Crippen molar-refractivity contribution in [2.24, 2.45) is 0 Å². The molecule has 0 atom stereocenters. The van der Waals surface area contributed by atoms with E-state index in [0.717, 1.165) is 42.3 Å². The highest BCUT2D eigenvalue weighted by Crippen LogP contribution is 2.20. The van der Waals surface area contributed by atoms with Gasteiger partial charge in [-0.15, -0.1) is 0 Å². The van der Waals surface area contributed by atoms with Gasteiger partial charge < -0.3 is 18.9 Å². The molecule has 3 rings (SSSR count). The molecule has 0 bridgehead atoms. The second-order valence-corrected chi connectivity index (χ2v) is 6.82. The first-order valence-corrected chi connectivity index (χ1v) is 9.53. The number of nitrogens with one attached hydrogen (secondary N) is 1. The highest BCUT2D eigenvalue weighted by Gasteiger charge is 2.14. The van der Waals surface area contributed by atoms with E-state index >= 15 is 0 Å². The molecular weight excluding hydrogens is 358 g/mol. The van der Waals surface area contributed by atoms with Crippen molar-refractivity contribution < 1.29 is 18.7 Å². The summed E-state index contributed by atoms with van der Waals surface area (Å²) in [5.41, 5.74) is 2.55. The number of fused-ring (bicyclic) bond motifs is 1. The van der Waals surface area contributed by atoms with E-state index in [0.29, 0.717) is 30.1 Å². The van der Waals surface area contributed by atoms with E-state index in [-0.39, 0.29) is 11.6 Å². The summed E-state index contributed by atoms with van der Waals surface area (Å²) < 4.78 is 16.2. The minimum absolute atomic E-state index is 0.262. The third-order valence-corrected chi connectivity index (χ3v) is 4.61. The fourth-order valence-corrected chi connectivity index (χ4v) is 3.09. The molecular formula is C22H25NO5. The lowest BCUT2D eigenvalue weighted by Gasteiger charge is -2.07. The molecule has 6 heteroatoms. The maximum atomic E-state index is 12.1. The van der Waals surface area contributed by atoms with E-state index in [1.165, 1.54) is 6.07 Å². The Morgan fingerprint density at radius 1 is 1.04 bits per heavy atom. The number of esters is 1. The average molecular weight is 383 g/mol. The Morgan fingerprint density at radius 2 is 1.79 bits per heavy atom. The fraction of sp³-hybridized carbons (Fsp3) is 0.364. The van der Waals surface area contributed by atoms with Crippen LogP contribution in [0.25, 0.3) is 11.0 Å². The minimum atomic E-state index is -0.368. The van der Waals surface area contributed by atoms with E-state index in [9.17, 15) is 9.59 Å². The van der Waals surface area contributed by atoms with Crippen molar-refractivity contribution in [1.82, 2.24) is 4.98 Å². The molecule has 0 fully saturated rings. The van der Waals surface area contributed by atoms with Crippen LogP contribution in [-0.2, 0) is 4.74 Å². The Balaban J connectivity index is 1.31. The molecule has 28 heavy (non-hydrogen) atoms. The van der Waals surface area contributed by atoms with Crippen LogP contribution in [0.15, 0.2) is 45.7 Å². The lowest BCUT2D eigenvalue weighted by atomic mass is 10.2. The first-order chi connectivity index (χ1) is 13.5.